The van der Waals surface area contributed by atoms with Gasteiger partial charge in [0.2, 0.25) is 23.6 Å². The standard InChI is InChI=1S/C42H54N6O9/c1-3-27(2)37(40(53)45-33(41(54)55)23-29-16-9-5-10-17-29)47-39(52)34-20-13-21-48(34)25-35(49)31(22-28-14-7-4-8-15-28)44-38(51)32(24-36(43)50)46-42(56)57-26-30-18-11-6-12-19-30/h4-12,14-19,27,31-35,37,49H,3,13,20-26H2,1-2H3,(H2,43,50)(H,44,51)(H,45,53)(H,46,56)(H,47,52)(H,54,55)/t27-,31-,32-,33-,34-,35+,37-/m0/s1. The van der Waals surface area contributed by atoms with E-state index in [1.165, 1.54) is 0 Å². The van der Waals surface area contributed by atoms with E-state index in [2.05, 4.69) is 21.3 Å². The van der Waals surface area contributed by atoms with E-state index >= 15 is 0 Å². The van der Waals surface area contributed by atoms with E-state index in [4.69, 9.17) is 10.5 Å². The smallest absolute Gasteiger partial charge is 0.408 e. The van der Waals surface area contributed by atoms with Gasteiger partial charge in [0, 0.05) is 13.0 Å². The summed E-state index contributed by atoms with van der Waals surface area (Å²) >= 11 is 0. The highest BCUT2D eigenvalue weighted by Crippen LogP contribution is 2.21. The zero-order valence-corrected chi connectivity index (χ0v) is 32.3. The first-order valence-electron chi connectivity index (χ1n) is 19.2. The molecular weight excluding hydrogens is 732 g/mol. The number of alkyl carbamates (subject to hydrolysis) is 1. The van der Waals surface area contributed by atoms with Crippen LogP contribution in [0.5, 0.6) is 0 Å². The summed E-state index contributed by atoms with van der Waals surface area (Å²) in [5.41, 5.74) is 7.67. The number of hydrogen-bond acceptors (Lipinski definition) is 9. The Balaban J connectivity index is 1.45. The molecule has 1 aliphatic rings. The number of nitrogens with one attached hydrogen (secondary N) is 4. The monoisotopic (exact) mass is 786 g/mol. The third-order valence-electron chi connectivity index (χ3n) is 10.1. The van der Waals surface area contributed by atoms with Crippen LogP contribution in [-0.4, -0.2) is 100 Å². The van der Waals surface area contributed by atoms with Crippen LogP contribution in [0, 0.1) is 5.92 Å². The maximum Gasteiger partial charge on any atom is 0.408 e. The van der Waals surface area contributed by atoms with Gasteiger partial charge in [-0.2, -0.15) is 0 Å². The molecule has 0 spiro atoms. The van der Waals surface area contributed by atoms with Crippen molar-refractivity contribution in [2.75, 3.05) is 13.1 Å². The first-order chi connectivity index (χ1) is 27.3. The van der Waals surface area contributed by atoms with E-state index in [0.717, 1.165) is 11.1 Å². The van der Waals surface area contributed by atoms with Gasteiger partial charge >= 0.3 is 12.1 Å². The van der Waals surface area contributed by atoms with Crippen LogP contribution in [0.3, 0.4) is 0 Å². The Morgan fingerprint density at radius 3 is 1.93 bits per heavy atom. The Morgan fingerprint density at radius 2 is 1.37 bits per heavy atom. The number of primary amides is 1. The molecule has 3 aromatic carbocycles. The van der Waals surface area contributed by atoms with Crippen molar-refractivity contribution in [1.29, 1.82) is 0 Å². The summed E-state index contributed by atoms with van der Waals surface area (Å²) in [5.74, 6) is -4.20. The van der Waals surface area contributed by atoms with Gasteiger partial charge < -0.3 is 42.0 Å². The molecule has 4 rings (SSSR count). The average Bonchev–Trinajstić information content (AvgIpc) is 3.67. The fraction of sp³-hybridized carbons (Fsp3) is 0.429. The first kappa shape index (κ1) is 43.9. The molecule has 306 valence electrons. The van der Waals surface area contributed by atoms with E-state index in [0.29, 0.717) is 31.4 Å². The fourth-order valence-corrected chi connectivity index (χ4v) is 6.72. The second-order valence-corrected chi connectivity index (χ2v) is 14.4. The molecule has 0 aromatic heterocycles. The van der Waals surface area contributed by atoms with Crippen molar-refractivity contribution in [1.82, 2.24) is 26.2 Å². The predicted molar refractivity (Wildman–Crippen MR) is 211 cm³/mol. The Morgan fingerprint density at radius 1 is 0.789 bits per heavy atom. The van der Waals surface area contributed by atoms with Gasteiger partial charge in [-0.15, -0.1) is 0 Å². The minimum atomic E-state index is -1.40. The number of hydrogen-bond donors (Lipinski definition) is 7. The summed E-state index contributed by atoms with van der Waals surface area (Å²) in [7, 11) is 0. The number of rotatable bonds is 21. The van der Waals surface area contributed by atoms with Crippen molar-refractivity contribution in [3.8, 4) is 0 Å². The molecule has 1 fully saturated rings. The summed E-state index contributed by atoms with van der Waals surface area (Å²) in [6.07, 6.45) is -0.882. The van der Waals surface area contributed by atoms with E-state index in [1.54, 1.807) is 60.4 Å². The number of β-amino-alcohol motifs (C(OH)–C–C–N with tert-alkyl or cyclic N) is 1. The molecule has 1 saturated heterocycles. The normalized spacial score (nSPS) is 17.1. The van der Waals surface area contributed by atoms with Crippen LogP contribution >= 0.6 is 0 Å². The molecular formula is C42H54N6O9. The number of likely N-dealkylation sites (tertiary alicyclic amines) is 1. The SMILES string of the molecule is CC[C@H](C)[C@H](NC(=O)[C@@H]1CCCN1C[C@@H](O)[C@H](Cc1ccccc1)NC(=O)[C@H](CC(N)=O)NC(=O)OCc1ccccc1)C(=O)N[C@@H](Cc1ccccc1)C(=O)O. The minimum absolute atomic E-state index is 0.0404. The van der Waals surface area contributed by atoms with Gasteiger partial charge in [0.25, 0.3) is 0 Å². The largest absolute Gasteiger partial charge is 0.480 e. The average molecular weight is 787 g/mol. The Kier molecular flexibility index (Phi) is 17.0. The van der Waals surface area contributed by atoms with E-state index in [9.17, 15) is 39.0 Å². The van der Waals surface area contributed by atoms with Crippen LogP contribution in [0.25, 0.3) is 0 Å². The predicted octanol–water partition coefficient (Wildman–Crippen LogP) is 2.05. The maximum absolute atomic E-state index is 13.9. The van der Waals surface area contributed by atoms with Gasteiger partial charge in [-0.05, 0) is 48.4 Å². The van der Waals surface area contributed by atoms with Crippen LogP contribution in [-0.2, 0) is 48.2 Å². The van der Waals surface area contributed by atoms with Crippen LogP contribution in [0.1, 0.15) is 56.2 Å². The van der Waals surface area contributed by atoms with Gasteiger partial charge in [-0.25, -0.2) is 9.59 Å². The highest BCUT2D eigenvalue weighted by molar-refractivity contribution is 5.92. The van der Waals surface area contributed by atoms with Crippen LogP contribution < -0.4 is 27.0 Å². The van der Waals surface area contributed by atoms with Gasteiger partial charge in [0.1, 0.15) is 24.7 Å². The van der Waals surface area contributed by atoms with E-state index < -0.39 is 78.4 Å². The van der Waals surface area contributed by atoms with Crippen molar-refractivity contribution >= 4 is 35.7 Å². The summed E-state index contributed by atoms with van der Waals surface area (Å²) in [4.78, 5) is 79.6. The quantitative estimate of drug-likeness (QED) is 0.0832. The van der Waals surface area contributed by atoms with Crippen molar-refractivity contribution in [2.24, 2.45) is 11.7 Å². The lowest BCUT2D eigenvalue weighted by molar-refractivity contribution is -0.142. The summed E-state index contributed by atoms with van der Waals surface area (Å²) in [6.45, 7) is 4.00. The summed E-state index contributed by atoms with van der Waals surface area (Å²) < 4.78 is 5.25. The number of nitrogens with zero attached hydrogens (tertiary/aromatic N) is 1. The Labute approximate surface area is 332 Å². The molecule has 0 unspecified atom stereocenters. The first-order valence-corrected chi connectivity index (χ1v) is 19.2. The molecule has 15 nitrogen and oxygen atoms in total. The second kappa shape index (κ2) is 22.1. The van der Waals surface area contributed by atoms with Crippen molar-refractivity contribution in [3.05, 3.63) is 108 Å². The van der Waals surface area contributed by atoms with Crippen LogP contribution in [0.2, 0.25) is 0 Å². The number of aliphatic hydroxyl groups excluding tert-OH is 1. The van der Waals surface area contributed by atoms with Crippen LogP contribution in [0.4, 0.5) is 4.79 Å². The number of carboxylic acids is 1. The van der Waals surface area contributed by atoms with Crippen molar-refractivity contribution < 1.29 is 43.7 Å². The van der Waals surface area contributed by atoms with Crippen molar-refractivity contribution in [3.63, 3.8) is 0 Å². The van der Waals surface area contributed by atoms with Gasteiger partial charge in [-0.1, -0.05) is 111 Å². The molecule has 1 heterocycles. The third kappa shape index (κ3) is 14.0. The minimum Gasteiger partial charge on any atom is -0.480 e. The Hall–Kier alpha value is -5.80. The molecule has 3 aromatic rings. The topological polar surface area (TPSA) is 229 Å². The number of aliphatic hydroxyl groups is 1. The number of nitrogens with two attached hydrogens (primary N) is 1. The van der Waals surface area contributed by atoms with E-state index in [-0.39, 0.29) is 31.9 Å². The molecule has 8 N–H and O–H groups in total. The molecule has 1 aliphatic heterocycles. The second-order valence-electron chi connectivity index (χ2n) is 14.4. The Bertz CT molecular complexity index is 1780. The molecule has 7 atom stereocenters. The summed E-state index contributed by atoms with van der Waals surface area (Å²) in [5, 5.41) is 32.3. The molecule has 15 heteroatoms. The number of carboxylic acid groups (broad SMARTS) is 1. The number of carbonyl (C=O) groups excluding carboxylic acids is 5. The number of ether oxygens (including phenoxy) is 1. The molecule has 0 radical (unpaired) electrons. The molecule has 0 aliphatic carbocycles. The number of carbonyl (C=O) groups is 6. The van der Waals surface area contributed by atoms with Gasteiger partial charge in [0.05, 0.1) is 24.6 Å². The molecule has 0 saturated carbocycles. The maximum atomic E-state index is 13.9. The number of aliphatic carboxylic acids is 1. The van der Waals surface area contributed by atoms with Gasteiger partial charge in [-0.3, -0.25) is 24.1 Å². The highest BCUT2D eigenvalue weighted by atomic mass is 16.5. The lowest BCUT2D eigenvalue weighted by Crippen LogP contribution is -2.58. The third-order valence-corrected chi connectivity index (χ3v) is 10.1. The molecule has 57 heavy (non-hydrogen) atoms. The molecule has 5 amide bonds. The van der Waals surface area contributed by atoms with E-state index in [1.807, 2.05) is 49.4 Å². The summed E-state index contributed by atoms with van der Waals surface area (Å²) in [6, 6.07) is 21.6. The molecule has 0 bridgehead atoms. The lowest BCUT2D eigenvalue weighted by atomic mass is 9.96. The number of amides is 5. The fourth-order valence-electron chi connectivity index (χ4n) is 6.72. The zero-order chi connectivity index (χ0) is 41.3. The van der Waals surface area contributed by atoms with Crippen molar-refractivity contribution in [2.45, 2.75) is 95.3 Å². The zero-order valence-electron chi connectivity index (χ0n) is 32.3. The highest BCUT2D eigenvalue weighted by Gasteiger charge is 2.38. The van der Waals surface area contributed by atoms with Crippen LogP contribution in [0.15, 0.2) is 91.0 Å². The van der Waals surface area contributed by atoms with Gasteiger partial charge in [0.15, 0.2) is 0 Å². The lowest BCUT2D eigenvalue weighted by Gasteiger charge is -2.32. The number of benzene rings is 3.